The van der Waals surface area contributed by atoms with E-state index in [1.807, 2.05) is 46.8 Å². The van der Waals surface area contributed by atoms with Crippen LogP contribution in [0.15, 0.2) is 36.1 Å². The van der Waals surface area contributed by atoms with Gasteiger partial charge in [0.2, 0.25) is 0 Å². The molecule has 0 atom stereocenters. The van der Waals surface area contributed by atoms with Gasteiger partial charge in [-0.15, -0.1) is 0 Å². The van der Waals surface area contributed by atoms with Crippen LogP contribution in [0.5, 0.6) is 0 Å². The summed E-state index contributed by atoms with van der Waals surface area (Å²) >= 11 is 0. The SMILES string of the molecule is C=C(/C=C\C=C(C)C)NC(=O)OC(C)(C)C. The lowest BCUT2D eigenvalue weighted by atomic mass is 10.2. The second kappa shape index (κ2) is 6.16. The van der Waals surface area contributed by atoms with Gasteiger partial charge in [-0.25, -0.2) is 4.79 Å². The van der Waals surface area contributed by atoms with Gasteiger partial charge < -0.3 is 4.74 Å². The maximum absolute atomic E-state index is 11.3. The molecule has 0 fully saturated rings. The van der Waals surface area contributed by atoms with Crippen molar-refractivity contribution in [3.8, 4) is 0 Å². The average molecular weight is 223 g/mol. The highest BCUT2D eigenvalue weighted by Crippen LogP contribution is 2.07. The molecule has 0 aliphatic rings. The van der Waals surface area contributed by atoms with Crippen LogP contribution >= 0.6 is 0 Å². The van der Waals surface area contributed by atoms with Gasteiger partial charge in [0.1, 0.15) is 5.60 Å². The fourth-order valence-corrected chi connectivity index (χ4v) is 0.833. The van der Waals surface area contributed by atoms with Crippen molar-refractivity contribution in [2.45, 2.75) is 40.2 Å². The Morgan fingerprint density at radius 1 is 1.31 bits per heavy atom. The number of carbonyl (C=O) groups excluding carboxylic acids is 1. The van der Waals surface area contributed by atoms with Crippen molar-refractivity contribution >= 4 is 6.09 Å². The standard InChI is InChI=1S/C13H21NO2/c1-10(2)8-7-9-11(3)14-12(15)16-13(4,5)6/h7-9H,3H2,1-2,4-6H3,(H,14,15)/b9-7-. The van der Waals surface area contributed by atoms with Crippen LogP contribution in [0, 0.1) is 0 Å². The minimum atomic E-state index is -0.492. The molecule has 3 heteroatoms. The van der Waals surface area contributed by atoms with Crippen LogP contribution in [0.1, 0.15) is 34.6 Å². The summed E-state index contributed by atoms with van der Waals surface area (Å²) in [5, 5.41) is 2.54. The van der Waals surface area contributed by atoms with Gasteiger partial charge in [0.15, 0.2) is 0 Å². The summed E-state index contributed by atoms with van der Waals surface area (Å²) in [4.78, 5) is 11.3. The molecule has 0 saturated carbocycles. The normalized spacial score (nSPS) is 11.1. The predicted octanol–water partition coefficient (Wildman–Crippen LogP) is 3.55. The molecular weight excluding hydrogens is 202 g/mol. The van der Waals surface area contributed by atoms with Crippen LogP contribution in [0.25, 0.3) is 0 Å². The lowest BCUT2D eigenvalue weighted by Crippen LogP contribution is -2.31. The first-order valence-corrected chi connectivity index (χ1v) is 5.21. The van der Waals surface area contributed by atoms with Crippen LogP contribution in [-0.2, 0) is 4.74 Å². The monoisotopic (exact) mass is 223 g/mol. The highest BCUT2D eigenvalue weighted by Gasteiger charge is 2.15. The van der Waals surface area contributed by atoms with E-state index >= 15 is 0 Å². The molecule has 0 spiro atoms. The van der Waals surface area contributed by atoms with Crippen LogP contribution in [0.2, 0.25) is 0 Å². The molecule has 0 aliphatic carbocycles. The summed E-state index contributed by atoms with van der Waals surface area (Å²) in [6.07, 6.45) is 4.99. The van der Waals surface area contributed by atoms with Crippen molar-refractivity contribution in [1.82, 2.24) is 5.32 Å². The van der Waals surface area contributed by atoms with Crippen LogP contribution in [-0.4, -0.2) is 11.7 Å². The van der Waals surface area contributed by atoms with Crippen molar-refractivity contribution < 1.29 is 9.53 Å². The second-order valence-corrected chi connectivity index (χ2v) is 4.76. The van der Waals surface area contributed by atoms with Gasteiger partial charge in [-0.1, -0.05) is 24.3 Å². The highest BCUT2D eigenvalue weighted by molar-refractivity contribution is 5.70. The van der Waals surface area contributed by atoms with Crippen LogP contribution in [0.4, 0.5) is 4.79 Å². The maximum Gasteiger partial charge on any atom is 0.412 e. The quantitative estimate of drug-likeness (QED) is 0.743. The molecule has 90 valence electrons. The lowest BCUT2D eigenvalue weighted by molar-refractivity contribution is 0.0548. The molecule has 0 aromatic heterocycles. The first-order valence-electron chi connectivity index (χ1n) is 5.21. The summed E-state index contributed by atoms with van der Waals surface area (Å²) in [6, 6.07) is 0. The molecule has 1 N–H and O–H groups in total. The van der Waals surface area contributed by atoms with Crippen molar-refractivity contribution in [1.29, 1.82) is 0 Å². The van der Waals surface area contributed by atoms with Crippen molar-refractivity contribution in [2.75, 3.05) is 0 Å². The van der Waals surface area contributed by atoms with Gasteiger partial charge in [0.25, 0.3) is 0 Å². The van der Waals surface area contributed by atoms with E-state index in [0.717, 1.165) is 0 Å². The van der Waals surface area contributed by atoms with E-state index in [1.54, 1.807) is 6.08 Å². The zero-order valence-electron chi connectivity index (χ0n) is 10.8. The van der Waals surface area contributed by atoms with E-state index in [4.69, 9.17) is 4.74 Å². The van der Waals surface area contributed by atoms with E-state index in [1.165, 1.54) is 5.57 Å². The topological polar surface area (TPSA) is 38.3 Å². The van der Waals surface area contributed by atoms with Crippen molar-refractivity contribution in [3.05, 3.63) is 36.1 Å². The summed E-state index contributed by atoms with van der Waals surface area (Å²) in [5.74, 6) is 0. The molecule has 0 saturated heterocycles. The lowest BCUT2D eigenvalue weighted by Gasteiger charge is -2.19. The second-order valence-electron chi connectivity index (χ2n) is 4.76. The van der Waals surface area contributed by atoms with Crippen LogP contribution in [0.3, 0.4) is 0 Å². The fourth-order valence-electron chi connectivity index (χ4n) is 0.833. The average Bonchev–Trinajstić information content (AvgIpc) is 1.98. The number of amides is 1. The Hall–Kier alpha value is -1.51. The molecular formula is C13H21NO2. The molecule has 3 nitrogen and oxygen atoms in total. The van der Waals surface area contributed by atoms with Gasteiger partial charge in [-0.05, 0) is 40.7 Å². The third-order valence-corrected chi connectivity index (χ3v) is 1.39. The van der Waals surface area contributed by atoms with Crippen LogP contribution < -0.4 is 5.32 Å². The molecule has 0 radical (unpaired) electrons. The Bertz CT molecular complexity index is 315. The molecule has 1 amide bonds. The number of rotatable bonds is 3. The number of allylic oxidation sites excluding steroid dienone is 4. The molecule has 0 heterocycles. The fraction of sp³-hybridized carbons (Fsp3) is 0.462. The number of nitrogens with one attached hydrogen (secondary N) is 1. The Morgan fingerprint density at radius 2 is 1.88 bits per heavy atom. The Labute approximate surface area is 97.9 Å². The van der Waals surface area contributed by atoms with Gasteiger partial charge in [0, 0.05) is 5.70 Å². The smallest absolute Gasteiger partial charge is 0.412 e. The molecule has 0 unspecified atom stereocenters. The predicted molar refractivity (Wildman–Crippen MR) is 67.1 cm³/mol. The number of ether oxygens (including phenoxy) is 1. The number of hydrogen-bond acceptors (Lipinski definition) is 2. The molecule has 0 aromatic rings. The summed E-state index contributed by atoms with van der Waals surface area (Å²) in [5.41, 5.74) is 1.20. The third kappa shape index (κ3) is 9.06. The highest BCUT2D eigenvalue weighted by atomic mass is 16.6. The first kappa shape index (κ1) is 14.5. The molecule has 0 rings (SSSR count). The van der Waals surface area contributed by atoms with Gasteiger partial charge in [0.05, 0.1) is 0 Å². The Balaban J connectivity index is 4.12. The molecule has 16 heavy (non-hydrogen) atoms. The minimum Gasteiger partial charge on any atom is -0.444 e. The Morgan fingerprint density at radius 3 is 2.31 bits per heavy atom. The largest absolute Gasteiger partial charge is 0.444 e. The third-order valence-electron chi connectivity index (χ3n) is 1.39. The van der Waals surface area contributed by atoms with E-state index in [-0.39, 0.29) is 0 Å². The minimum absolute atomic E-state index is 0.487. The molecule has 0 aliphatic heterocycles. The summed E-state index contributed by atoms with van der Waals surface area (Å²) < 4.78 is 5.08. The van der Waals surface area contributed by atoms with E-state index in [9.17, 15) is 4.79 Å². The molecule has 0 aromatic carbocycles. The number of alkyl carbamates (subject to hydrolysis) is 1. The zero-order chi connectivity index (χ0) is 12.8. The van der Waals surface area contributed by atoms with Crippen molar-refractivity contribution in [2.24, 2.45) is 0 Å². The first-order chi connectivity index (χ1) is 7.20. The van der Waals surface area contributed by atoms with Gasteiger partial charge in [-0.2, -0.15) is 0 Å². The molecule has 0 bridgehead atoms. The Kier molecular flexibility index (Phi) is 5.57. The van der Waals surface area contributed by atoms with Crippen molar-refractivity contribution in [3.63, 3.8) is 0 Å². The van der Waals surface area contributed by atoms with E-state index in [2.05, 4.69) is 11.9 Å². The summed E-state index contributed by atoms with van der Waals surface area (Å²) in [6.45, 7) is 13.1. The van der Waals surface area contributed by atoms with E-state index < -0.39 is 11.7 Å². The zero-order valence-corrected chi connectivity index (χ0v) is 10.8. The van der Waals surface area contributed by atoms with E-state index in [0.29, 0.717) is 5.70 Å². The summed E-state index contributed by atoms with van der Waals surface area (Å²) in [7, 11) is 0. The number of carbonyl (C=O) groups is 1. The number of hydrogen-bond donors (Lipinski definition) is 1. The van der Waals surface area contributed by atoms with Gasteiger partial charge in [-0.3, -0.25) is 5.32 Å². The maximum atomic E-state index is 11.3. The van der Waals surface area contributed by atoms with Gasteiger partial charge >= 0.3 is 6.09 Å².